The number of carbonyl (C=O) groups is 1. The molecule has 1 aliphatic heterocycles. The fraction of sp³-hybridized carbons (Fsp3) is 0.769. The Hall–Kier alpha value is -1.44. The second-order valence-electron chi connectivity index (χ2n) is 5.82. The molecule has 1 aromatic rings. The lowest BCUT2D eigenvalue weighted by molar-refractivity contribution is -0.148. The van der Waals surface area contributed by atoms with Crippen molar-refractivity contribution in [2.24, 2.45) is 5.41 Å². The van der Waals surface area contributed by atoms with E-state index >= 15 is 0 Å². The molecule has 1 aliphatic rings. The second kappa shape index (κ2) is 5.75. The van der Waals surface area contributed by atoms with Gasteiger partial charge >= 0.3 is 6.18 Å². The maximum Gasteiger partial charge on any atom is 0.451 e. The minimum atomic E-state index is -4.48. The van der Waals surface area contributed by atoms with E-state index in [0.29, 0.717) is 18.9 Å². The lowest BCUT2D eigenvalue weighted by atomic mass is 9.86. The van der Waals surface area contributed by atoms with Crippen molar-refractivity contribution in [1.29, 1.82) is 0 Å². The van der Waals surface area contributed by atoms with E-state index in [1.54, 1.807) is 0 Å². The highest BCUT2D eigenvalue weighted by molar-refractivity contribution is 5.59. The number of hydrogen-bond acceptors (Lipinski definition) is 4. The van der Waals surface area contributed by atoms with E-state index in [4.69, 9.17) is 0 Å². The molecular weight excluding hydrogens is 285 g/mol. The normalized spacial score (nSPS) is 19.1. The molecule has 0 saturated heterocycles. The van der Waals surface area contributed by atoms with Gasteiger partial charge in [0, 0.05) is 25.0 Å². The molecule has 1 aromatic heterocycles. The van der Waals surface area contributed by atoms with Gasteiger partial charge in [-0.3, -0.25) is 4.90 Å². The van der Waals surface area contributed by atoms with Crippen molar-refractivity contribution in [1.82, 2.24) is 19.7 Å². The van der Waals surface area contributed by atoms with Crippen LogP contribution in [0.5, 0.6) is 0 Å². The van der Waals surface area contributed by atoms with Crippen LogP contribution in [0.15, 0.2) is 0 Å². The van der Waals surface area contributed by atoms with Gasteiger partial charge in [-0.05, 0) is 6.42 Å². The number of nitrogens with zero attached hydrogens (tertiary/aromatic N) is 4. The van der Waals surface area contributed by atoms with Crippen molar-refractivity contribution in [3.05, 3.63) is 11.6 Å². The monoisotopic (exact) mass is 304 g/mol. The van der Waals surface area contributed by atoms with Gasteiger partial charge in [0.15, 0.2) is 0 Å². The zero-order valence-corrected chi connectivity index (χ0v) is 12.2. The summed E-state index contributed by atoms with van der Waals surface area (Å²) in [5.74, 6) is -0.637. The first-order chi connectivity index (χ1) is 9.79. The minimum Gasteiger partial charge on any atom is -0.305 e. The molecule has 118 valence electrons. The Balaban J connectivity index is 2.10. The van der Waals surface area contributed by atoms with Crippen molar-refractivity contribution in [3.8, 4) is 0 Å². The van der Waals surface area contributed by atoms with E-state index in [-0.39, 0.29) is 13.1 Å². The Labute approximate surface area is 121 Å². The third-order valence-corrected chi connectivity index (χ3v) is 3.78. The van der Waals surface area contributed by atoms with Gasteiger partial charge in [-0.2, -0.15) is 13.2 Å². The van der Waals surface area contributed by atoms with Crippen LogP contribution < -0.4 is 0 Å². The molecule has 0 N–H and O–H groups in total. The standard InChI is InChI=1S/C13H19F3N4O/c1-3-4-12(2,9-21)8-19-5-6-20-10(7-19)17-18-11(20)13(14,15)16/h9H,3-8H2,1-2H3. The van der Waals surface area contributed by atoms with Gasteiger partial charge in [0.05, 0.1) is 6.54 Å². The summed E-state index contributed by atoms with van der Waals surface area (Å²) in [6, 6.07) is 0. The highest BCUT2D eigenvalue weighted by Gasteiger charge is 2.40. The Morgan fingerprint density at radius 1 is 1.29 bits per heavy atom. The summed E-state index contributed by atoms with van der Waals surface area (Å²) >= 11 is 0. The number of alkyl halides is 3. The van der Waals surface area contributed by atoms with Gasteiger partial charge in [-0.25, -0.2) is 0 Å². The quantitative estimate of drug-likeness (QED) is 0.782. The molecule has 0 saturated carbocycles. The molecule has 0 aliphatic carbocycles. The lowest BCUT2D eigenvalue weighted by Gasteiger charge is -2.34. The van der Waals surface area contributed by atoms with Crippen molar-refractivity contribution in [2.75, 3.05) is 13.1 Å². The predicted molar refractivity (Wildman–Crippen MR) is 69.4 cm³/mol. The van der Waals surface area contributed by atoms with E-state index in [1.807, 2.05) is 18.7 Å². The van der Waals surface area contributed by atoms with Gasteiger partial charge in [0.1, 0.15) is 12.1 Å². The summed E-state index contributed by atoms with van der Waals surface area (Å²) in [7, 11) is 0. The van der Waals surface area contributed by atoms with Crippen LogP contribution in [-0.4, -0.2) is 39.0 Å². The highest BCUT2D eigenvalue weighted by Crippen LogP contribution is 2.30. The fourth-order valence-corrected chi connectivity index (χ4v) is 2.81. The molecular formula is C13H19F3N4O. The molecule has 0 aromatic carbocycles. The van der Waals surface area contributed by atoms with Crippen molar-refractivity contribution < 1.29 is 18.0 Å². The summed E-state index contributed by atoms with van der Waals surface area (Å²) in [4.78, 5) is 13.2. The van der Waals surface area contributed by atoms with Crippen LogP contribution in [0.4, 0.5) is 13.2 Å². The Bertz CT molecular complexity index is 514. The van der Waals surface area contributed by atoms with E-state index in [2.05, 4.69) is 10.2 Å². The van der Waals surface area contributed by atoms with Crippen molar-refractivity contribution in [3.63, 3.8) is 0 Å². The first-order valence-corrected chi connectivity index (χ1v) is 6.97. The molecule has 0 amide bonds. The van der Waals surface area contributed by atoms with Gasteiger partial charge in [0.2, 0.25) is 5.82 Å². The van der Waals surface area contributed by atoms with E-state index in [0.717, 1.165) is 23.7 Å². The van der Waals surface area contributed by atoms with Crippen LogP contribution in [0, 0.1) is 5.41 Å². The average Bonchev–Trinajstić information content (AvgIpc) is 2.81. The molecule has 0 radical (unpaired) electrons. The van der Waals surface area contributed by atoms with Crippen molar-refractivity contribution in [2.45, 2.75) is 46.0 Å². The van der Waals surface area contributed by atoms with Crippen LogP contribution in [0.2, 0.25) is 0 Å². The number of rotatable bonds is 5. The first kappa shape index (κ1) is 15.9. The molecule has 0 spiro atoms. The highest BCUT2D eigenvalue weighted by atomic mass is 19.4. The summed E-state index contributed by atoms with van der Waals surface area (Å²) in [6.45, 7) is 5.35. The molecule has 2 heterocycles. The third kappa shape index (κ3) is 3.42. The van der Waals surface area contributed by atoms with Crippen LogP contribution in [0.25, 0.3) is 0 Å². The largest absolute Gasteiger partial charge is 0.451 e. The molecule has 1 atom stereocenters. The van der Waals surface area contributed by atoms with E-state index in [9.17, 15) is 18.0 Å². The van der Waals surface area contributed by atoms with Gasteiger partial charge in [-0.1, -0.05) is 20.3 Å². The number of aromatic nitrogens is 3. The SMILES string of the molecule is CCCC(C)(C=O)CN1CCn2c(nnc2C(F)(F)F)C1. The number of aldehydes is 1. The summed E-state index contributed by atoms with van der Waals surface area (Å²) in [5.41, 5.74) is -0.468. The Morgan fingerprint density at radius 3 is 2.57 bits per heavy atom. The summed E-state index contributed by atoms with van der Waals surface area (Å²) < 4.78 is 39.4. The number of halogens is 3. The van der Waals surface area contributed by atoms with Crippen LogP contribution >= 0.6 is 0 Å². The zero-order valence-electron chi connectivity index (χ0n) is 12.2. The number of fused-ring (bicyclic) bond motifs is 1. The molecule has 0 bridgehead atoms. The second-order valence-corrected chi connectivity index (χ2v) is 5.82. The maximum absolute atomic E-state index is 12.7. The van der Waals surface area contributed by atoms with E-state index < -0.39 is 17.4 Å². The molecule has 0 fully saturated rings. The first-order valence-electron chi connectivity index (χ1n) is 6.97. The molecule has 1 unspecified atom stereocenters. The number of hydrogen-bond donors (Lipinski definition) is 0. The van der Waals surface area contributed by atoms with Gasteiger partial charge in [-0.15, -0.1) is 10.2 Å². The fourth-order valence-electron chi connectivity index (χ4n) is 2.81. The molecule has 5 nitrogen and oxygen atoms in total. The zero-order chi connectivity index (χ0) is 15.7. The van der Waals surface area contributed by atoms with E-state index in [1.165, 1.54) is 0 Å². The lowest BCUT2D eigenvalue weighted by Crippen LogP contribution is -2.42. The summed E-state index contributed by atoms with van der Waals surface area (Å²) in [5, 5.41) is 6.89. The average molecular weight is 304 g/mol. The van der Waals surface area contributed by atoms with Gasteiger partial charge < -0.3 is 9.36 Å². The van der Waals surface area contributed by atoms with Crippen molar-refractivity contribution >= 4 is 6.29 Å². The molecule has 21 heavy (non-hydrogen) atoms. The third-order valence-electron chi connectivity index (χ3n) is 3.78. The predicted octanol–water partition coefficient (Wildman–Crippen LogP) is 2.12. The smallest absolute Gasteiger partial charge is 0.305 e. The maximum atomic E-state index is 12.7. The molecule has 2 rings (SSSR count). The number of carbonyl (C=O) groups excluding carboxylic acids is 1. The Kier molecular flexibility index (Phi) is 4.36. The van der Waals surface area contributed by atoms with Gasteiger partial charge in [0.25, 0.3) is 0 Å². The topological polar surface area (TPSA) is 51.0 Å². The molecule has 8 heteroatoms. The minimum absolute atomic E-state index is 0.193. The summed E-state index contributed by atoms with van der Waals surface area (Å²) in [6.07, 6.45) is -1.89. The Morgan fingerprint density at radius 2 is 2.00 bits per heavy atom. The van der Waals surface area contributed by atoms with Crippen LogP contribution in [0.3, 0.4) is 0 Å². The van der Waals surface area contributed by atoms with Crippen LogP contribution in [-0.2, 0) is 24.1 Å². The van der Waals surface area contributed by atoms with Crippen LogP contribution in [0.1, 0.15) is 38.3 Å².